The molecule has 5 nitrogen and oxygen atoms in total. The third kappa shape index (κ3) is 5.59. The lowest BCUT2D eigenvalue weighted by Crippen LogP contribution is -2.42. The number of carbonyl (C=O) groups excluding carboxylic acids is 2. The van der Waals surface area contributed by atoms with E-state index in [4.69, 9.17) is 27.9 Å². The second kappa shape index (κ2) is 10.8. The fraction of sp³-hybridized carbons (Fsp3) is 0.259. The van der Waals surface area contributed by atoms with Crippen molar-refractivity contribution in [3.05, 3.63) is 98.8 Å². The second-order valence-corrected chi connectivity index (χ2v) is 9.71. The first-order chi connectivity index (χ1) is 17.9. The Balaban J connectivity index is 1.68. The fourth-order valence-corrected chi connectivity index (χ4v) is 4.91. The molecule has 1 fully saturated rings. The van der Waals surface area contributed by atoms with E-state index < -0.39 is 41.2 Å². The molecule has 11 heteroatoms. The molecular weight excluding hydrogens is 547 g/mol. The molecule has 2 atom stereocenters. The zero-order chi connectivity index (χ0) is 27.8. The summed E-state index contributed by atoms with van der Waals surface area (Å²) in [4.78, 5) is 29.5. The Labute approximate surface area is 226 Å². The van der Waals surface area contributed by atoms with Gasteiger partial charge in [0.2, 0.25) is 0 Å². The van der Waals surface area contributed by atoms with Gasteiger partial charge in [-0.3, -0.25) is 9.59 Å². The zero-order valence-electron chi connectivity index (χ0n) is 20.2. The lowest BCUT2D eigenvalue weighted by Gasteiger charge is -2.29. The summed E-state index contributed by atoms with van der Waals surface area (Å²) in [5.41, 5.74) is -0.292. The number of alkyl halides is 3. The number of halogens is 6. The standard InChI is InChI=1S/C27H22Cl2F4N2O3/c1-34(25(36)17-6-10-24(38-2)20(11-17)27(31,32)33)23-14-35(26(37)15-3-7-18(30)8-4-15)13-19(23)16-5-9-21(28)22(29)12-16/h3-12,19,23H,13-14H2,1-2H3/t19-,23+/m0/s1. The molecule has 200 valence electrons. The van der Waals surface area contributed by atoms with Crippen LogP contribution in [0.25, 0.3) is 0 Å². The molecule has 0 bridgehead atoms. The van der Waals surface area contributed by atoms with Crippen molar-refractivity contribution >= 4 is 35.0 Å². The first kappa shape index (κ1) is 27.7. The van der Waals surface area contributed by atoms with Gasteiger partial charge in [0.05, 0.1) is 28.8 Å². The van der Waals surface area contributed by atoms with Crippen LogP contribution in [0.15, 0.2) is 60.7 Å². The number of hydrogen-bond acceptors (Lipinski definition) is 3. The molecule has 0 aliphatic carbocycles. The molecule has 0 spiro atoms. The van der Waals surface area contributed by atoms with Gasteiger partial charge >= 0.3 is 6.18 Å². The molecule has 0 saturated carbocycles. The summed E-state index contributed by atoms with van der Waals surface area (Å²) in [5, 5.41) is 0.608. The van der Waals surface area contributed by atoms with Gasteiger partial charge in [-0.2, -0.15) is 13.2 Å². The van der Waals surface area contributed by atoms with E-state index in [0.717, 1.165) is 19.2 Å². The third-order valence-electron chi connectivity index (χ3n) is 6.61. The maximum absolute atomic E-state index is 13.6. The van der Waals surface area contributed by atoms with E-state index in [0.29, 0.717) is 10.6 Å². The predicted octanol–water partition coefficient (Wildman–Crippen LogP) is 6.54. The molecule has 1 aliphatic heterocycles. The van der Waals surface area contributed by atoms with E-state index in [1.54, 1.807) is 18.2 Å². The molecule has 0 aromatic heterocycles. The van der Waals surface area contributed by atoms with Crippen molar-refractivity contribution in [1.29, 1.82) is 0 Å². The van der Waals surface area contributed by atoms with Gasteiger partial charge in [0.15, 0.2) is 0 Å². The van der Waals surface area contributed by atoms with Crippen molar-refractivity contribution in [3.63, 3.8) is 0 Å². The molecule has 2 amide bonds. The molecule has 38 heavy (non-hydrogen) atoms. The smallest absolute Gasteiger partial charge is 0.419 e. The minimum absolute atomic E-state index is 0.0889. The van der Waals surface area contributed by atoms with Crippen LogP contribution >= 0.6 is 23.2 Å². The van der Waals surface area contributed by atoms with Gasteiger partial charge in [-0.05, 0) is 60.2 Å². The highest BCUT2D eigenvalue weighted by Gasteiger charge is 2.41. The highest BCUT2D eigenvalue weighted by molar-refractivity contribution is 6.42. The number of carbonyl (C=O) groups is 2. The van der Waals surface area contributed by atoms with Crippen molar-refractivity contribution in [1.82, 2.24) is 9.80 Å². The number of nitrogens with zero attached hydrogens (tertiary/aromatic N) is 2. The van der Waals surface area contributed by atoms with E-state index in [1.807, 2.05) is 0 Å². The quantitative estimate of drug-likeness (QED) is 0.328. The second-order valence-electron chi connectivity index (χ2n) is 8.89. The maximum Gasteiger partial charge on any atom is 0.419 e. The molecule has 1 heterocycles. The van der Waals surface area contributed by atoms with E-state index in [2.05, 4.69) is 0 Å². The van der Waals surface area contributed by atoms with Crippen molar-refractivity contribution in [2.45, 2.75) is 18.1 Å². The maximum atomic E-state index is 13.6. The Kier molecular flexibility index (Phi) is 7.90. The van der Waals surface area contributed by atoms with Gasteiger partial charge in [-0.15, -0.1) is 0 Å². The number of rotatable bonds is 5. The molecule has 0 unspecified atom stereocenters. The minimum Gasteiger partial charge on any atom is -0.496 e. The van der Waals surface area contributed by atoms with Crippen molar-refractivity contribution in [2.75, 3.05) is 27.2 Å². The summed E-state index contributed by atoms with van der Waals surface area (Å²) in [6, 6.07) is 12.5. The molecule has 0 radical (unpaired) electrons. The molecule has 3 aromatic rings. The molecule has 4 rings (SSSR count). The average molecular weight is 569 g/mol. The highest BCUT2D eigenvalue weighted by atomic mass is 35.5. The number of hydrogen-bond donors (Lipinski definition) is 0. The van der Waals surface area contributed by atoms with Crippen LogP contribution in [0.2, 0.25) is 10.0 Å². The Bertz CT molecular complexity index is 1370. The fourth-order valence-electron chi connectivity index (χ4n) is 4.61. The number of ether oxygens (including phenoxy) is 1. The summed E-state index contributed by atoms with van der Waals surface area (Å²) in [6.45, 7) is 0.276. The Morgan fingerprint density at radius 2 is 1.61 bits per heavy atom. The van der Waals surface area contributed by atoms with E-state index >= 15 is 0 Å². The Hall–Kier alpha value is -3.30. The molecule has 1 aliphatic rings. The van der Waals surface area contributed by atoms with Gasteiger partial charge in [0.25, 0.3) is 11.8 Å². The van der Waals surface area contributed by atoms with Crippen molar-refractivity contribution < 1.29 is 31.9 Å². The van der Waals surface area contributed by atoms with Gasteiger partial charge < -0.3 is 14.5 Å². The highest BCUT2D eigenvalue weighted by Crippen LogP contribution is 2.38. The van der Waals surface area contributed by atoms with Gasteiger partial charge in [-0.1, -0.05) is 29.3 Å². The van der Waals surface area contributed by atoms with Gasteiger partial charge in [0, 0.05) is 37.2 Å². The van der Waals surface area contributed by atoms with Crippen LogP contribution in [-0.2, 0) is 6.18 Å². The summed E-state index contributed by atoms with van der Waals surface area (Å²) in [6.07, 6.45) is -4.73. The van der Waals surface area contributed by atoms with Crippen LogP contribution in [0, 0.1) is 5.82 Å². The molecule has 3 aromatic carbocycles. The average Bonchev–Trinajstić information content (AvgIpc) is 3.34. The molecule has 0 N–H and O–H groups in total. The Morgan fingerprint density at radius 3 is 2.21 bits per heavy atom. The van der Waals surface area contributed by atoms with Crippen molar-refractivity contribution in [2.24, 2.45) is 0 Å². The number of amides is 2. The monoisotopic (exact) mass is 568 g/mol. The lowest BCUT2D eigenvalue weighted by molar-refractivity contribution is -0.138. The topological polar surface area (TPSA) is 49.9 Å². The largest absolute Gasteiger partial charge is 0.496 e. The first-order valence-electron chi connectivity index (χ1n) is 11.4. The Morgan fingerprint density at radius 1 is 0.947 bits per heavy atom. The number of benzene rings is 3. The first-order valence-corrected chi connectivity index (χ1v) is 12.2. The van der Waals surface area contributed by atoms with Crippen LogP contribution in [0.5, 0.6) is 5.75 Å². The molecule has 1 saturated heterocycles. The van der Waals surface area contributed by atoms with Crippen LogP contribution in [0.1, 0.15) is 37.8 Å². The van der Waals surface area contributed by atoms with Crippen LogP contribution in [0.4, 0.5) is 17.6 Å². The molecular formula is C27H22Cl2F4N2O3. The predicted molar refractivity (Wildman–Crippen MR) is 135 cm³/mol. The summed E-state index contributed by atoms with van der Waals surface area (Å²) < 4.78 is 58.9. The SMILES string of the molecule is COc1ccc(C(=O)N(C)[C@@H]2CN(C(=O)c3ccc(F)cc3)C[C@H]2c2ccc(Cl)c(Cl)c2)cc1C(F)(F)F. The summed E-state index contributed by atoms with van der Waals surface area (Å²) >= 11 is 12.3. The third-order valence-corrected chi connectivity index (χ3v) is 7.35. The normalized spacial score (nSPS) is 17.4. The number of likely N-dealkylation sites (N-methyl/N-ethyl adjacent to an activating group) is 1. The van der Waals surface area contributed by atoms with Gasteiger partial charge in [0.1, 0.15) is 11.6 Å². The van der Waals surface area contributed by atoms with E-state index in [9.17, 15) is 27.2 Å². The van der Waals surface area contributed by atoms with Crippen LogP contribution < -0.4 is 4.74 Å². The summed E-state index contributed by atoms with van der Waals surface area (Å²) in [7, 11) is 2.59. The van der Waals surface area contributed by atoms with Crippen LogP contribution in [-0.4, -0.2) is 54.9 Å². The van der Waals surface area contributed by atoms with Crippen LogP contribution in [0.3, 0.4) is 0 Å². The number of likely N-dealkylation sites (tertiary alicyclic amines) is 1. The van der Waals surface area contributed by atoms with Crippen molar-refractivity contribution in [3.8, 4) is 5.75 Å². The van der Waals surface area contributed by atoms with E-state index in [1.165, 1.54) is 47.2 Å². The minimum atomic E-state index is -4.73. The lowest BCUT2D eigenvalue weighted by atomic mass is 9.93. The van der Waals surface area contributed by atoms with E-state index in [-0.39, 0.29) is 35.1 Å². The number of methoxy groups -OCH3 is 1. The summed E-state index contributed by atoms with van der Waals surface area (Å²) in [5.74, 6) is -2.35. The van der Waals surface area contributed by atoms with Gasteiger partial charge in [-0.25, -0.2) is 4.39 Å². The zero-order valence-corrected chi connectivity index (χ0v) is 21.7.